The fraction of sp³-hybridized carbons (Fsp3) is 0. The van der Waals surface area contributed by atoms with Crippen LogP contribution in [0.5, 0.6) is 0 Å². The first-order chi connectivity index (χ1) is 3.91. The van der Waals surface area contributed by atoms with Gasteiger partial charge in [-0.25, -0.2) is 0 Å². The van der Waals surface area contributed by atoms with Gasteiger partial charge in [-0.3, -0.25) is 0 Å². The summed E-state index contributed by atoms with van der Waals surface area (Å²) in [6, 6.07) is 2.17. The van der Waals surface area contributed by atoms with Crippen molar-refractivity contribution < 1.29 is 0 Å². The largest absolute Gasteiger partial charge is 0.374 e. The van der Waals surface area contributed by atoms with Gasteiger partial charge < -0.3 is 0 Å². The normalized spacial score (nSPS) is 3.88. The minimum absolute atomic E-state index is 1.15. The molecule has 0 aromatic rings. The summed E-state index contributed by atoms with van der Waals surface area (Å²) >= 11 is 0. The van der Waals surface area contributed by atoms with Crippen LogP contribution in [-0.4, -0.2) is 5.87 Å². The number of rotatable bonds is 0. The first kappa shape index (κ1) is 6.28. The lowest BCUT2D eigenvalue weighted by Gasteiger charge is -1.33. The van der Waals surface area contributed by atoms with Gasteiger partial charge in [0.1, 0.15) is 0 Å². The van der Waals surface area contributed by atoms with Crippen LogP contribution in [0.15, 0.2) is 11.9 Å². The summed E-state index contributed by atoms with van der Waals surface area (Å²) in [5.41, 5.74) is 2.14. The Balaban J connectivity index is 4.01. The summed E-state index contributed by atoms with van der Waals surface area (Å²) in [6.07, 6.45) is 5.88. The van der Waals surface area contributed by atoms with Crippen molar-refractivity contribution in [3.8, 4) is 18.4 Å². The van der Waals surface area contributed by atoms with Crippen LogP contribution in [0.25, 0.3) is 4.85 Å². The second-order valence-corrected chi connectivity index (χ2v) is 0.770. The van der Waals surface area contributed by atoms with Crippen LogP contribution in [0.2, 0.25) is 0 Å². The fourth-order valence-electron chi connectivity index (χ4n) is 0.131. The van der Waals surface area contributed by atoms with Crippen LogP contribution < -0.4 is 5.41 Å². The summed E-state index contributed by atoms with van der Waals surface area (Å²) in [5.74, 6) is 3.65. The molecule has 0 amide bonds. The standard InChI is InChI=1S/C6H2N2/c1-2-5-8-6-3-4-7/h1,6H/q+1. The molecule has 0 atom stereocenters. The molecule has 0 fully saturated rings. The smallest absolute Gasteiger partial charge is 0.0994 e. The highest BCUT2D eigenvalue weighted by atomic mass is 14.6. The van der Waals surface area contributed by atoms with E-state index in [-0.39, 0.29) is 0 Å². The molecule has 0 aliphatic carbocycles. The van der Waals surface area contributed by atoms with E-state index in [1.165, 1.54) is 0 Å². The summed E-state index contributed by atoms with van der Waals surface area (Å²) in [5, 5.41) is 7.83. The van der Waals surface area contributed by atoms with Crippen LogP contribution in [0.4, 0.5) is 0 Å². The molecule has 0 saturated carbocycles. The Kier molecular flexibility index (Phi) is 4.14. The highest BCUT2D eigenvalue weighted by molar-refractivity contribution is 5.47. The van der Waals surface area contributed by atoms with Crippen molar-refractivity contribution in [1.82, 2.24) is 5.41 Å². The number of hydrogen-bond donors (Lipinski definition) is 0. The van der Waals surface area contributed by atoms with E-state index in [0.717, 1.165) is 6.20 Å². The molecule has 0 unspecified atom stereocenters. The molecule has 1 radical (unpaired) electrons. The second-order valence-electron chi connectivity index (χ2n) is 0.770. The summed E-state index contributed by atoms with van der Waals surface area (Å²) in [6.45, 7) is 0. The zero-order valence-electron chi connectivity index (χ0n) is 4.05. The maximum atomic E-state index is 7.83. The van der Waals surface area contributed by atoms with Gasteiger partial charge in [0.05, 0.1) is 11.8 Å². The molecule has 0 aromatic heterocycles. The van der Waals surface area contributed by atoms with Gasteiger partial charge in [0.15, 0.2) is 0 Å². The Hall–Kier alpha value is -1.72. The molecule has 2 nitrogen and oxygen atoms in total. The third-order valence-corrected chi connectivity index (χ3v) is 0.323. The third kappa shape index (κ3) is 4.28. The minimum atomic E-state index is 1.15. The van der Waals surface area contributed by atoms with Gasteiger partial charge in [0.2, 0.25) is 0 Å². The minimum Gasteiger partial charge on any atom is -0.0994 e. The van der Waals surface area contributed by atoms with Crippen molar-refractivity contribution in [2.45, 2.75) is 0 Å². The Labute approximate surface area is 47.5 Å². The first-order valence-corrected chi connectivity index (χ1v) is 1.78. The topological polar surface area (TPSA) is 26.7 Å². The average molecular weight is 102 g/mol. The van der Waals surface area contributed by atoms with Gasteiger partial charge in [-0.15, -0.1) is 0 Å². The maximum Gasteiger partial charge on any atom is 0.374 e. The van der Waals surface area contributed by atoms with Gasteiger partial charge in [0.25, 0.3) is 0 Å². The van der Waals surface area contributed by atoms with E-state index >= 15 is 0 Å². The molecule has 0 saturated heterocycles. The maximum absolute atomic E-state index is 7.83. The van der Waals surface area contributed by atoms with Gasteiger partial charge in [0, 0.05) is 5.73 Å². The van der Waals surface area contributed by atoms with Crippen LogP contribution in [-0.2, 0) is 0 Å². The lowest BCUT2D eigenvalue weighted by molar-refractivity contribution is 1.94. The van der Waals surface area contributed by atoms with Crippen LogP contribution in [0.3, 0.4) is 0 Å². The quantitative estimate of drug-likeness (QED) is 0.235. The molecule has 0 N–H and O–H groups in total. The predicted octanol–water partition coefficient (Wildman–Crippen LogP) is 0.0911. The SMILES string of the molecule is C#CC#[N+]C=C=C=[N]. The molecule has 0 heterocycles. The molecular formula is C6H2N2+. The Morgan fingerprint density at radius 2 is 2.38 bits per heavy atom. The molecule has 35 valence electrons. The van der Waals surface area contributed by atoms with Crippen molar-refractivity contribution in [3.63, 3.8) is 0 Å². The van der Waals surface area contributed by atoms with Crippen molar-refractivity contribution in [2.75, 3.05) is 0 Å². The summed E-state index contributed by atoms with van der Waals surface area (Å²) in [7, 11) is 0. The van der Waals surface area contributed by atoms with E-state index in [4.69, 9.17) is 11.8 Å². The molecular weight excluding hydrogens is 100 g/mol. The second kappa shape index (κ2) is 5.28. The third-order valence-electron chi connectivity index (χ3n) is 0.323. The summed E-state index contributed by atoms with van der Waals surface area (Å²) in [4.78, 5) is 3.33. The average Bonchev–Trinajstić information content (AvgIpc) is 1.81. The van der Waals surface area contributed by atoms with E-state index < -0.39 is 0 Å². The molecule has 0 aromatic carbocycles. The molecule has 0 aliphatic rings. The number of hydrogen-bond acceptors (Lipinski definition) is 0. The van der Waals surface area contributed by atoms with Gasteiger partial charge >= 0.3 is 12.3 Å². The van der Waals surface area contributed by atoms with E-state index in [1.807, 2.05) is 5.92 Å². The van der Waals surface area contributed by atoms with E-state index in [0.29, 0.717) is 0 Å². The lowest BCUT2D eigenvalue weighted by atomic mass is 10.8. The predicted molar refractivity (Wildman–Crippen MR) is 31.3 cm³/mol. The molecule has 0 aliphatic heterocycles. The van der Waals surface area contributed by atoms with E-state index in [1.54, 1.807) is 5.87 Å². The first-order valence-electron chi connectivity index (χ1n) is 1.78. The van der Waals surface area contributed by atoms with Crippen molar-refractivity contribution in [2.24, 2.45) is 0 Å². The van der Waals surface area contributed by atoms with Crippen LogP contribution in [0.1, 0.15) is 0 Å². The monoisotopic (exact) mass is 102 g/mol. The van der Waals surface area contributed by atoms with Crippen molar-refractivity contribution >= 4 is 5.87 Å². The van der Waals surface area contributed by atoms with Crippen LogP contribution >= 0.6 is 0 Å². The number of terminal acetylenes is 1. The zero-order chi connectivity index (χ0) is 6.24. The van der Waals surface area contributed by atoms with Crippen molar-refractivity contribution in [3.05, 3.63) is 16.8 Å². The molecule has 0 bridgehead atoms. The Bertz CT molecular complexity index is 234. The van der Waals surface area contributed by atoms with E-state index in [9.17, 15) is 0 Å². The number of nitrogens with zero attached hydrogens (tertiary/aromatic N) is 2. The highest BCUT2D eigenvalue weighted by Crippen LogP contribution is 1.62. The van der Waals surface area contributed by atoms with Gasteiger partial charge in [-0.2, -0.15) is 0 Å². The molecule has 8 heavy (non-hydrogen) atoms. The Morgan fingerprint density at radius 1 is 1.62 bits per heavy atom. The molecule has 0 spiro atoms. The van der Waals surface area contributed by atoms with Crippen molar-refractivity contribution in [1.29, 1.82) is 0 Å². The molecule has 0 rings (SSSR count). The van der Waals surface area contributed by atoms with E-state index in [2.05, 4.69) is 16.6 Å². The Morgan fingerprint density at radius 3 is 2.88 bits per heavy atom. The van der Waals surface area contributed by atoms with Crippen LogP contribution in [0, 0.1) is 18.4 Å². The van der Waals surface area contributed by atoms with Gasteiger partial charge in [-0.1, -0.05) is 11.8 Å². The lowest BCUT2D eigenvalue weighted by Crippen LogP contribution is -1.41. The zero-order valence-corrected chi connectivity index (χ0v) is 4.05. The van der Waals surface area contributed by atoms with Gasteiger partial charge in [-0.05, 0) is 4.85 Å². The fourth-order valence-corrected chi connectivity index (χ4v) is 0.131. The highest BCUT2D eigenvalue weighted by Gasteiger charge is 1.67. The molecule has 2 heteroatoms. The summed E-state index contributed by atoms with van der Waals surface area (Å²) < 4.78 is 0.